The Hall–Kier alpha value is -0.150. The molecule has 15 heavy (non-hydrogen) atoms. The number of ketones is 1. The van der Waals surface area contributed by atoms with Crippen molar-refractivity contribution in [3.8, 4) is 0 Å². The predicted molar refractivity (Wildman–Crippen MR) is 70.6 cm³/mol. The van der Waals surface area contributed by atoms with Crippen molar-refractivity contribution in [1.29, 1.82) is 0 Å². The molecule has 0 radical (unpaired) electrons. The summed E-state index contributed by atoms with van der Waals surface area (Å²) in [5.41, 5.74) is 2.44. The molecular weight excluding hydrogens is 320 g/mol. The number of carbonyl (C=O) groups is 1. The number of halogens is 2. The summed E-state index contributed by atoms with van der Waals surface area (Å²) in [5, 5.41) is 0. The van der Waals surface area contributed by atoms with E-state index in [1.165, 1.54) is 11.1 Å². The van der Waals surface area contributed by atoms with Gasteiger partial charge in [0.05, 0.1) is 4.83 Å². The fourth-order valence-electron chi connectivity index (χ4n) is 1.42. The molecule has 0 amide bonds. The summed E-state index contributed by atoms with van der Waals surface area (Å²) < 4.78 is 1.08. The molecule has 3 heteroatoms. The number of hydrogen-bond donors (Lipinski definition) is 0. The molecule has 0 aromatic heterocycles. The summed E-state index contributed by atoms with van der Waals surface area (Å²) in [5.74, 6) is 0.261. The minimum atomic E-state index is -0.0534. The summed E-state index contributed by atoms with van der Waals surface area (Å²) >= 11 is 6.86. The first-order chi connectivity index (χ1) is 7.04. The Balaban J connectivity index is 2.76. The van der Waals surface area contributed by atoms with E-state index in [9.17, 15) is 4.79 Å². The van der Waals surface area contributed by atoms with Crippen molar-refractivity contribution in [3.63, 3.8) is 0 Å². The Bertz CT molecular complexity index is 361. The minimum Gasteiger partial charge on any atom is -0.298 e. The summed E-state index contributed by atoms with van der Waals surface area (Å²) in [6, 6.07) is 6.15. The van der Waals surface area contributed by atoms with E-state index >= 15 is 0 Å². The first-order valence-corrected chi connectivity index (χ1v) is 6.67. The van der Waals surface area contributed by atoms with Crippen LogP contribution in [0.2, 0.25) is 0 Å². The second-order valence-corrected chi connectivity index (χ2v) is 5.58. The average Bonchev–Trinajstić information content (AvgIpc) is 2.20. The fourth-order valence-corrected chi connectivity index (χ4v) is 2.56. The quantitative estimate of drug-likeness (QED) is 0.760. The third-order valence-corrected chi connectivity index (χ3v) is 3.73. The van der Waals surface area contributed by atoms with Gasteiger partial charge in [-0.1, -0.05) is 44.8 Å². The van der Waals surface area contributed by atoms with Crippen molar-refractivity contribution in [2.75, 3.05) is 0 Å². The van der Waals surface area contributed by atoms with Crippen LogP contribution in [0.15, 0.2) is 22.7 Å². The van der Waals surface area contributed by atoms with Gasteiger partial charge in [0.25, 0.3) is 0 Å². The van der Waals surface area contributed by atoms with Crippen LogP contribution < -0.4 is 0 Å². The molecule has 0 saturated heterocycles. The van der Waals surface area contributed by atoms with E-state index in [0.717, 1.165) is 10.9 Å². The van der Waals surface area contributed by atoms with E-state index in [4.69, 9.17) is 0 Å². The Morgan fingerprint density at radius 1 is 1.47 bits per heavy atom. The summed E-state index contributed by atoms with van der Waals surface area (Å²) in [4.78, 5) is 11.4. The molecule has 1 atom stereocenters. The highest BCUT2D eigenvalue weighted by molar-refractivity contribution is 9.10. The first kappa shape index (κ1) is 12.9. The van der Waals surface area contributed by atoms with E-state index in [1.807, 2.05) is 13.0 Å². The maximum atomic E-state index is 11.4. The van der Waals surface area contributed by atoms with Gasteiger partial charge in [0, 0.05) is 10.9 Å². The zero-order chi connectivity index (χ0) is 11.4. The van der Waals surface area contributed by atoms with Gasteiger partial charge < -0.3 is 0 Å². The zero-order valence-electron chi connectivity index (χ0n) is 8.89. The third kappa shape index (κ3) is 3.72. The molecule has 0 spiro atoms. The van der Waals surface area contributed by atoms with Crippen LogP contribution in [-0.2, 0) is 11.2 Å². The second-order valence-electron chi connectivity index (χ2n) is 3.56. The highest BCUT2D eigenvalue weighted by atomic mass is 79.9. The molecule has 0 aliphatic rings. The second kappa shape index (κ2) is 5.80. The molecule has 1 aromatic carbocycles. The fraction of sp³-hybridized carbons (Fsp3) is 0.417. The van der Waals surface area contributed by atoms with Gasteiger partial charge in [0.15, 0.2) is 0 Å². The number of hydrogen-bond acceptors (Lipinski definition) is 1. The van der Waals surface area contributed by atoms with E-state index in [0.29, 0.717) is 6.42 Å². The number of carbonyl (C=O) groups excluding carboxylic acids is 1. The van der Waals surface area contributed by atoms with Crippen LogP contribution in [0, 0.1) is 6.92 Å². The molecule has 0 saturated carbocycles. The number of alkyl halides is 1. The molecule has 1 aromatic rings. The van der Waals surface area contributed by atoms with Crippen LogP contribution >= 0.6 is 31.9 Å². The van der Waals surface area contributed by atoms with Gasteiger partial charge in [-0.05, 0) is 36.6 Å². The Morgan fingerprint density at radius 2 is 2.13 bits per heavy atom. The lowest BCUT2D eigenvalue weighted by Crippen LogP contribution is -2.15. The molecule has 0 N–H and O–H groups in total. The topological polar surface area (TPSA) is 17.1 Å². The van der Waals surface area contributed by atoms with Gasteiger partial charge >= 0.3 is 0 Å². The van der Waals surface area contributed by atoms with Crippen molar-refractivity contribution in [2.24, 2.45) is 0 Å². The lowest BCUT2D eigenvalue weighted by Gasteiger charge is -2.10. The van der Waals surface area contributed by atoms with Crippen molar-refractivity contribution in [3.05, 3.63) is 33.8 Å². The van der Waals surface area contributed by atoms with Gasteiger partial charge in [-0.3, -0.25) is 4.79 Å². The number of benzene rings is 1. The Morgan fingerprint density at radius 3 is 2.67 bits per heavy atom. The molecule has 0 bridgehead atoms. The Kier molecular flexibility index (Phi) is 5.00. The highest BCUT2D eigenvalue weighted by Crippen LogP contribution is 2.19. The Labute approximate surface area is 108 Å². The predicted octanol–water partition coefficient (Wildman–Crippen LogP) is 4.04. The molecule has 1 nitrogen and oxygen atoms in total. The lowest BCUT2D eigenvalue weighted by molar-refractivity contribution is -0.118. The molecule has 1 rings (SSSR count). The van der Waals surface area contributed by atoms with Crippen molar-refractivity contribution >= 4 is 37.6 Å². The smallest absolute Gasteiger partial charge is 0.146 e. The monoisotopic (exact) mass is 332 g/mol. The summed E-state index contributed by atoms with van der Waals surface area (Å²) in [6.07, 6.45) is 1.36. The van der Waals surface area contributed by atoms with Crippen LogP contribution in [-0.4, -0.2) is 10.6 Å². The SMILES string of the molecule is CCC(=O)C(Br)Cc1ccc(Br)cc1C. The first-order valence-electron chi connectivity index (χ1n) is 4.96. The van der Waals surface area contributed by atoms with Gasteiger partial charge in [-0.15, -0.1) is 0 Å². The van der Waals surface area contributed by atoms with Gasteiger partial charge in [-0.25, -0.2) is 0 Å². The van der Waals surface area contributed by atoms with E-state index in [-0.39, 0.29) is 10.6 Å². The molecule has 0 aliphatic carbocycles. The number of rotatable bonds is 4. The normalized spacial score (nSPS) is 12.5. The van der Waals surface area contributed by atoms with Crippen LogP contribution in [0.5, 0.6) is 0 Å². The molecule has 0 fully saturated rings. The number of Topliss-reactive ketones (excluding diaryl/α,β-unsaturated/α-hetero) is 1. The van der Waals surface area contributed by atoms with E-state index in [1.54, 1.807) is 0 Å². The van der Waals surface area contributed by atoms with Crippen LogP contribution in [0.25, 0.3) is 0 Å². The van der Waals surface area contributed by atoms with Gasteiger partial charge in [-0.2, -0.15) is 0 Å². The maximum absolute atomic E-state index is 11.4. The van der Waals surface area contributed by atoms with Crippen LogP contribution in [0.4, 0.5) is 0 Å². The van der Waals surface area contributed by atoms with Crippen molar-refractivity contribution in [1.82, 2.24) is 0 Å². The molecular formula is C12H14Br2O. The van der Waals surface area contributed by atoms with Gasteiger partial charge in [0.1, 0.15) is 5.78 Å². The number of aryl methyl sites for hydroxylation is 1. The third-order valence-electron chi connectivity index (χ3n) is 2.40. The van der Waals surface area contributed by atoms with E-state index < -0.39 is 0 Å². The maximum Gasteiger partial charge on any atom is 0.146 e. The average molecular weight is 334 g/mol. The molecule has 82 valence electrons. The van der Waals surface area contributed by atoms with Crippen LogP contribution in [0.1, 0.15) is 24.5 Å². The zero-order valence-corrected chi connectivity index (χ0v) is 12.1. The molecule has 0 heterocycles. The van der Waals surface area contributed by atoms with Crippen molar-refractivity contribution in [2.45, 2.75) is 31.5 Å². The standard InChI is InChI=1S/C12H14Br2O/c1-3-12(15)11(14)7-9-4-5-10(13)6-8(9)2/h4-6,11H,3,7H2,1-2H3. The minimum absolute atomic E-state index is 0.0534. The summed E-state index contributed by atoms with van der Waals surface area (Å²) in [7, 11) is 0. The van der Waals surface area contributed by atoms with Crippen LogP contribution in [0.3, 0.4) is 0 Å². The van der Waals surface area contributed by atoms with E-state index in [2.05, 4.69) is 50.9 Å². The van der Waals surface area contributed by atoms with Crippen molar-refractivity contribution < 1.29 is 4.79 Å². The lowest BCUT2D eigenvalue weighted by atomic mass is 10.0. The largest absolute Gasteiger partial charge is 0.298 e. The molecule has 1 unspecified atom stereocenters. The van der Waals surface area contributed by atoms with Gasteiger partial charge in [0.2, 0.25) is 0 Å². The summed E-state index contributed by atoms with van der Waals surface area (Å²) in [6.45, 7) is 3.96. The molecule has 0 aliphatic heterocycles. The highest BCUT2D eigenvalue weighted by Gasteiger charge is 2.14.